The highest BCUT2D eigenvalue weighted by molar-refractivity contribution is 5.94. The Labute approximate surface area is 101 Å². The van der Waals surface area contributed by atoms with E-state index in [0.717, 1.165) is 32.2 Å². The number of hydrogen-bond acceptors (Lipinski definition) is 3. The first kappa shape index (κ1) is 12.4. The second-order valence-electron chi connectivity index (χ2n) is 5.20. The van der Waals surface area contributed by atoms with Crippen molar-refractivity contribution in [3.05, 3.63) is 0 Å². The molecule has 3 N–H and O–H groups in total. The van der Waals surface area contributed by atoms with Gasteiger partial charge in [-0.2, -0.15) is 0 Å². The highest BCUT2D eigenvalue weighted by atomic mass is 16.4. The molecule has 1 unspecified atom stereocenters. The lowest BCUT2D eigenvalue weighted by molar-refractivity contribution is -0.144. The van der Waals surface area contributed by atoms with Crippen LogP contribution in [0, 0.1) is 0 Å². The Kier molecular flexibility index (Phi) is 3.12. The van der Waals surface area contributed by atoms with E-state index in [0.29, 0.717) is 12.8 Å². The molecule has 1 atom stereocenters. The van der Waals surface area contributed by atoms with Gasteiger partial charge < -0.3 is 15.7 Å². The van der Waals surface area contributed by atoms with E-state index in [2.05, 4.69) is 10.6 Å². The molecule has 1 aliphatic heterocycles. The van der Waals surface area contributed by atoms with Gasteiger partial charge >= 0.3 is 5.97 Å². The average molecular weight is 240 g/mol. The van der Waals surface area contributed by atoms with Crippen LogP contribution in [-0.2, 0) is 9.59 Å². The lowest BCUT2D eigenvalue weighted by Crippen LogP contribution is -2.58. The fraction of sp³-hybridized carbons (Fsp3) is 0.833. The van der Waals surface area contributed by atoms with E-state index in [1.165, 1.54) is 0 Å². The molecule has 5 heteroatoms. The van der Waals surface area contributed by atoms with Gasteiger partial charge in [0.25, 0.3) is 0 Å². The number of rotatable bonds is 5. The summed E-state index contributed by atoms with van der Waals surface area (Å²) in [5.74, 6) is -1.03. The molecule has 1 aliphatic carbocycles. The Bertz CT molecular complexity index is 331. The number of amides is 1. The Hall–Kier alpha value is -1.10. The van der Waals surface area contributed by atoms with E-state index in [1.807, 2.05) is 6.92 Å². The summed E-state index contributed by atoms with van der Waals surface area (Å²) >= 11 is 0. The predicted octanol–water partition coefficient (Wildman–Crippen LogP) is 0.642. The summed E-state index contributed by atoms with van der Waals surface area (Å²) in [6.07, 6.45) is 4.58. The Morgan fingerprint density at radius 1 is 1.35 bits per heavy atom. The molecule has 1 amide bonds. The molecule has 0 radical (unpaired) electrons. The van der Waals surface area contributed by atoms with Crippen molar-refractivity contribution in [3.8, 4) is 0 Å². The molecule has 0 bridgehead atoms. The summed E-state index contributed by atoms with van der Waals surface area (Å²) < 4.78 is 0. The van der Waals surface area contributed by atoms with Crippen molar-refractivity contribution >= 4 is 11.9 Å². The molecule has 0 aromatic heterocycles. The Morgan fingerprint density at radius 2 is 2.06 bits per heavy atom. The minimum atomic E-state index is -0.970. The maximum absolute atomic E-state index is 12.3. The number of hydrogen-bond donors (Lipinski definition) is 3. The number of carbonyl (C=O) groups is 2. The SMILES string of the molecule is CCCC1(C(=O)NC2(C(=O)O)CC2)CCCN1. The van der Waals surface area contributed by atoms with Crippen molar-refractivity contribution in [2.75, 3.05) is 6.54 Å². The zero-order valence-corrected chi connectivity index (χ0v) is 10.2. The van der Waals surface area contributed by atoms with Gasteiger partial charge in [-0.15, -0.1) is 0 Å². The maximum Gasteiger partial charge on any atom is 0.329 e. The molecule has 1 heterocycles. The first-order chi connectivity index (χ1) is 8.05. The normalized spacial score (nSPS) is 29.9. The average Bonchev–Trinajstić information content (AvgIpc) is 2.90. The number of carbonyl (C=O) groups excluding carboxylic acids is 1. The van der Waals surface area contributed by atoms with Crippen LogP contribution in [0.2, 0.25) is 0 Å². The maximum atomic E-state index is 12.3. The van der Waals surface area contributed by atoms with Crippen molar-refractivity contribution in [1.29, 1.82) is 0 Å². The summed E-state index contributed by atoms with van der Waals surface area (Å²) in [6.45, 7) is 2.88. The van der Waals surface area contributed by atoms with Crippen LogP contribution in [-0.4, -0.2) is 34.6 Å². The molecular formula is C12H20N2O3. The lowest BCUT2D eigenvalue weighted by Gasteiger charge is -2.29. The zero-order chi connectivity index (χ0) is 12.5. The molecular weight excluding hydrogens is 220 g/mol. The highest BCUT2D eigenvalue weighted by Crippen LogP contribution is 2.37. The fourth-order valence-electron chi connectivity index (χ4n) is 2.61. The van der Waals surface area contributed by atoms with Gasteiger partial charge in [-0.05, 0) is 38.6 Å². The van der Waals surface area contributed by atoms with Gasteiger partial charge in [0, 0.05) is 0 Å². The summed E-state index contributed by atoms with van der Waals surface area (Å²) in [5.41, 5.74) is -1.50. The largest absolute Gasteiger partial charge is 0.480 e. The van der Waals surface area contributed by atoms with E-state index in [1.54, 1.807) is 0 Å². The van der Waals surface area contributed by atoms with Crippen LogP contribution in [0.1, 0.15) is 45.4 Å². The first-order valence-electron chi connectivity index (χ1n) is 6.36. The minimum absolute atomic E-state index is 0.128. The summed E-state index contributed by atoms with van der Waals surface area (Å²) in [5, 5.41) is 15.1. The van der Waals surface area contributed by atoms with Crippen LogP contribution in [0.15, 0.2) is 0 Å². The van der Waals surface area contributed by atoms with Crippen LogP contribution >= 0.6 is 0 Å². The van der Waals surface area contributed by atoms with Crippen LogP contribution < -0.4 is 10.6 Å². The first-order valence-corrected chi connectivity index (χ1v) is 6.36. The zero-order valence-electron chi connectivity index (χ0n) is 10.2. The van der Waals surface area contributed by atoms with E-state index >= 15 is 0 Å². The number of aliphatic carboxylic acids is 1. The molecule has 0 aromatic carbocycles. The van der Waals surface area contributed by atoms with E-state index in [-0.39, 0.29) is 5.91 Å². The molecule has 5 nitrogen and oxygen atoms in total. The molecule has 2 aliphatic rings. The molecule has 0 aromatic rings. The smallest absolute Gasteiger partial charge is 0.329 e. The number of nitrogens with one attached hydrogen (secondary N) is 2. The highest BCUT2D eigenvalue weighted by Gasteiger charge is 2.54. The minimum Gasteiger partial charge on any atom is -0.480 e. The molecule has 2 fully saturated rings. The molecule has 17 heavy (non-hydrogen) atoms. The number of carboxylic acids is 1. The monoisotopic (exact) mass is 240 g/mol. The van der Waals surface area contributed by atoms with Gasteiger partial charge in [0.15, 0.2) is 0 Å². The van der Waals surface area contributed by atoms with E-state index in [9.17, 15) is 9.59 Å². The summed E-state index contributed by atoms with van der Waals surface area (Å²) in [4.78, 5) is 23.3. The van der Waals surface area contributed by atoms with Crippen molar-refractivity contribution in [2.24, 2.45) is 0 Å². The van der Waals surface area contributed by atoms with Crippen molar-refractivity contribution in [2.45, 2.75) is 56.5 Å². The van der Waals surface area contributed by atoms with Crippen LogP contribution in [0.25, 0.3) is 0 Å². The lowest BCUT2D eigenvalue weighted by atomic mass is 9.90. The molecule has 0 spiro atoms. The second-order valence-corrected chi connectivity index (χ2v) is 5.20. The summed E-state index contributed by atoms with van der Waals surface area (Å²) in [7, 11) is 0. The van der Waals surface area contributed by atoms with Gasteiger partial charge in [0.05, 0.1) is 5.54 Å². The predicted molar refractivity (Wildman–Crippen MR) is 62.6 cm³/mol. The van der Waals surface area contributed by atoms with Crippen LogP contribution in [0.4, 0.5) is 0 Å². The third-order valence-corrected chi connectivity index (χ3v) is 3.87. The van der Waals surface area contributed by atoms with Gasteiger partial charge in [-0.1, -0.05) is 13.3 Å². The van der Waals surface area contributed by atoms with E-state index in [4.69, 9.17) is 5.11 Å². The fourth-order valence-corrected chi connectivity index (χ4v) is 2.61. The van der Waals surface area contributed by atoms with Gasteiger partial charge in [0.1, 0.15) is 5.54 Å². The van der Waals surface area contributed by atoms with Crippen molar-refractivity contribution in [1.82, 2.24) is 10.6 Å². The molecule has 1 saturated carbocycles. The molecule has 96 valence electrons. The topological polar surface area (TPSA) is 78.4 Å². The summed E-state index contributed by atoms with van der Waals surface area (Å²) in [6, 6.07) is 0. The quantitative estimate of drug-likeness (QED) is 0.659. The van der Waals surface area contributed by atoms with E-state index < -0.39 is 17.0 Å². The Balaban J connectivity index is 2.05. The number of carboxylic acid groups (broad SMARTS) is 1. The van der Waals surface area contributed by atoms with Gasteiger partial charge in [-0.3, -0.25) is 4.79 Å². The van der Waals surface area contributed by atoms with Crippen molar-refractivity contribution < 1.29 is 14.7 Å². The van der Waals surface area contributed by atoms with Crippen LogP contribution in [0.3, 0.4) is 0 Å². The standard InChI is InChI=1S/C12H20N2O3/c1-2-4-11(5-3-8-13-11)9(15)14-12(6-7-12)10(16)17/h13H,2-8H2,1H3,(H,14,15)(H,16,17). The van der Waals surface area contributed by atoms with Crippen molar-refractivity contribution in [3.63, 3.8) is 0 Å². The molecule has 2 rings (SSSR count). The third kappa shape index (κ3) is 2.16. The second kappa shape index (κ2) is 4.29. The van der Waals surface area contributed by atoms with Gasteiger partial charge in [0.2, 0.25) is 5.91 Å². The van der Waals surface area contributed by atoms with Gasteiger partial charge in [-0.25, -0.2) is 4.79 Å². The Morgan fingerprint density at radius 3 is 2.47 bits per heavy atom. The van der Waals surface area contributed by atoms with Crippen LogP contribution in [0.5, 0.6) is 0 Å². The third-order valence-electron chi connectivity index (χ3n) is 3.87. The molecule has 1 saturated heterocycles.